The second kappa shape index (κ2) is 3.46. The molecule has 0 radical (unpaired) electrons. The Balaban J connectivity index is 1.90. The zero-order chi connectivity index (χ0) is 9.26. The summed E-state index contributed by atoms with van der Waals surface area (Å²) in [5, 5.41) is 3.52. The summed E-state index contributed by atoms with van der Waals surface area (Å²) in [5.74, 6) is 0.872. The Morgan fingerprint density at radius 2 is 2.38 bits per heavy atom. The Morgan fingerprint density at radius 3 is 3.00 bits per heavy atom. The van der Waals surface area contributed by atoms with Gasteiger partial charge in [-0.25, -0.2) is 0 Å². The van der Waals surface area contributed by atoms with Crippen molar-refractivity contribution >= 4 is 0 Å². The number of rotatable bonds is 3. The zero-order valence-corrected chi connectivity index (χ0v) is 8.25. The topological polar surface area (TPSA) is 24.9 Å². The second-order valence-electron chi connectivity index (χ2n) is 4.00. The summed E-state index contributed by atoms with van der Waals surface area (Å²) in [6.45, 7) is 5.39. The van der Waals surface area contributed by atoms with E-state index >= 15 is 0 Å². The molecule has 70 valence electrons. The highest BCUT2D eigenvalue weighted by Gasteiger charge is 2.31. The van der Waals surface area contributed by atoms with Gasteiger partial charge in [0.25, 0.3) is 0 Å². The minimum absolute atomic E-state index is 0.750. The van der Waals surface area contributed by atoms with Crippen molar-refractivity contribution in [1.82, 2.24) is 10.3 Å². The molecule has 0 aliphatic heterocycles. The van der Waals surface area contributed by atoms with Crippen molar-refractivity contribution in [3.63, 3.8) is 0 Å². The molecule has 2 nitrogen and oxygen atoms in total. The summed E-state index contributed by atoms with van der Waals surface area (Å²) in [6, 6.07) is 2.81. The number of nitrogens with zero attached hydrogens (tertiary/aromatic N) is 1. The van der Waals surface area contributed by atoms with E-state index in [0.29, 0.717) is 0 Å². The van der Waals surface area contributed by atoms with Crippen LogP contribution < -0.4 is 5.32 Å². The molecule has 1 N–H and O–H groups in total. The number of aromatic nitrogens is 1. The van der Waals surface area contributed by atoms with Crippen LogP contribution in [0.4, 0.5) is 0 Å². The smallest absolute Gasteiger partial charge is 0.0315 e. The van der Waals surface area contributed by atoms with E-state index < -0.39 is 0 Å². The van der Waals surface area contributed by atoms with E-state index in [0.717, 1.165) is 18.5 Å². The normalized spacial score (nSPS) is 26.0. The number of hydrogen-bond donors (Lipinski definition) is 1. The van der Waals surface area contributed by atoms with Gasteiger partial charge in [0, 0.05) is 25.0 Å². The van der Waals surface area contributed by atoms with Crippen molar-refractivity contribution in [2.75, 3.05) is 0 Å². The van der Waals surface area contributed by atoms with Crippen LogP contribution in [0, 0.1) is 12.8 Å². The predicted octanol–water partition coefficient (Wildman–Crippen LogP) is 1.89. The lowest BCUT2D eigenvalue weighted by Crippen LogP contribution is -2.17. The maximum Gasteiger partial charge on any atom is 0.0315 e. The number of aryl methyl sites for hydroxylation is 1. The van der Waals surface area contributed by atoms with Crippen LogP contribution in [-0.4, -0.2) is 11.0 Å². The molecule has 0 bridgehead atoms. The summed E-state index contributed by atoms with van der Waals surface area (Å²) in [4.78, 5) is 4.12. The van der Waals surface area contributed by atoms with Gasteiger partial charge in [-0.2, -0.15) is 0 Å². The van der Waals surface area contributed by atoms with Crippen molar-refractivity contribution in [3.05, 3.63) is 29.6 Å². The lowest BCUT2D eigenvalue weighted by Gasteiger charge is -2.05. The Kier molecular flexibility index (Phi) is 2.32. The monoisotopic (exact) mass is 176 g/mol. The maximum absolute atomic E-state index is 4.12. The predicted molar refractivity (Wildman–Crippen MR) is 53.4 cm³/mol. The minimum Gasteiger partial charge on any atom is -0.310 e. The Bertz CT molecular complexity index is 296. The Hall–Kier alpha value is -0.890. The van der Waals surface area contributed by atoms with E-state index in [1.807, 2.05) is 12.4 Å². The van der Waals surface area contributed by atoms with E-state index in [-0.39, 0.29) is 0 Å². The zero-order valence-electron chi connectivity index (χ0n) is 8.25. The van der Waals surface area contributed by atoms with E-state index in [9.17, 15) is 0 Å². The summed E-state index contributed by atoms with van der Waals surface area (Å²) >= 11 is 0. The molecule has 1 aliphatic rings. The summed E-state index contributed by atoms with van der Waals surface area (Å²) in [6.07, 6.45) is 5.13. The Morgan fingerprint density at radius 1 is 1.62 bits per heavy atom. The van der Waals surface area contributed by atoms with Gasteiger partial charge in [0.05, 0.1) is 0 Å². The van der Waals surface area contributed by atoms with Gasteiger partial charge in [0.1, 0.15) is 0 Å². The van der Waals surface area contributed by atoms with Crippen LogP contribution in [0.2, 0.25) is 0 Å². The van der Waals surface area contributed by atoms with Gasteiger partial charge in [-0.15, -0.1) is 0 Å². The van der Waals surface area contributed by atoms with Crippen LogP contribution in [0.5, 0.6) is 0 Å². The molecule has 0 saturated heterocycles. The largest absolute Gasteiger partial charge is 0.310 e. The molecule has 1 saturated carbocycles. The third-order valence-corrected chi connectivity index (χ3v) is 2.81. The fourth-order valence-electron chi connectivity index (χ4n) is 1.53. The van der Waals surface area contributed by atoms with E-state index in [1.165, 1.54) is 17.5 Å². The number of nitrogens with one attached hydrogen (secondary N) is 1. The molecule has 0 aromatic carbocycles. The summed E-state index contributed by atoms with van der Waals surface area (Å²) in [5.41, 5.74) is 2.65. The fraction of sp³-hybridized carbons (Fsp3) is 0.545. The molecule has 2 atom stereocenters. The average molecular weight is 176 g/mol. The molecule has 1 aliphatic carbocycles. The second-order valence-corrected chi connectivity index (χ2v) is 4.00. The van der Waals surface area contributed by atoms with Crippen LogP contribution in [-0.2, 0) is 6.54 Å². The third kappa shape index (κ3) is 2.07. The van der Waals surface area contributed by atoms with Crippen LogP contribution in [0.1, 0.15) is 24.5 Å². The molecule has 2 unspecified atom stereocenters. The molecule has 0 amide bonds. The molecule has 2 rings (SSSR count). The molecular weight excluding hydrogens is 160 g/mol. The van der Waals surface area contributed by atoms with Crippen molar-refractivity contribution in [1.29, 1.82) is 0 Å². The first-order chi connectivity index (χ1) is 6.27. The third-order valence-electron chi connectivity index (χ3n) is 2.81. The lowest BCUT2D eigenvalue weighted by molar-refractivity contribution is 0.649. The van der Waals surface area contributed by atoms with Crippen LogP contribution >= 0.6 is 0 Å². The van der Waals surface area contributed by atoms with Crippen molar-refractivity contribution < 1.29 is 0 Å². The van der Waals surface area contributed by atoms with Gasteiger partial charge < -0.3 is 5.32 Å². The highest BCUT2D eigenvalue weighted by atomic mass is 15.0. The van der Waals surface area contributed by atoms with Crippen molar-refractivity contribution in [2.45, 2.75) is 32.9 Å². The average Bonchev–Trinajstić information content (AvgIpc) is 2.81. The first-order valence-corrected chi connectivity index (χ1v) is 4.90. The van der Waals surface area contributed by atoms with Gasteiger partial charge in [0.2, 0.25) is 0 Å². The quantitative estimate of drug-likeness (QED) is 0.760. The minimum atomic E-state index is 0.750. The first kappa shape index (κ1) is 8.70. The van der Waals surface area contributed by atoms with Crippen LogP contribution in [0.25, 0.3) is 0 Å². The molecule has 13 heavy (non-hydrogen) atoms. The van der Waals surface area contributed by atoms with E-state index in [2.05, 4.69) is 30.2 Å². The Labute approximate surface area is 79.4 Å². The van der Waals surface area contributed by atoms with Crippen molar-refractivity contribution in [2.24, 2.45) is 5.92 Å². The molecular formula is C11H16N2. The summed E-state index contributed by atoms with van der Waals surface area (Å²) in [7, 11) is 0. The lowest BCUT2D eigenvalue weighted by atomic mass is 10.1. The van der Waals surface area contributed by atoms with Crippen LogP contribution in [0.15, 0.2) is 18.5 Å². The molecule has 1 aromatic heterocycles. The van der Waals surface area contributed by atoms with E-state index in [1.54, 1.807) is 0 Å². The molecule has 1 aromatic rings. The van der Waals surface area contributed by atoms with Gasteiger partial charge in [-0.3, -0.25) is 4.98 Å². The standard InChI is InChI=1S/C11H16N2/c1-8-3-4-12-6-10(8)7-13-11-5-9(11)2/h3-4,6,9,11,13H,5,7H2,1-2H3. The van der Waals surface area contributed by atoms with Gasteiger partial charge >= 0.3 is 0 Å². The van der Waals surface area contributed by atoms with Gasteiger partial charge in [0.15, 0.2) is 0 Å². The number of pyridine rings is 1. The number of hydrogen-bond acceptors (Lipinski definition) is 2. The first-order valence-electron chi connectivity index (χ1n) is 4.90. The maximum atomic E-state index is 4.12. The SMILES string of the molecule is Cc1ccncc1CNC1CC1C. The summed E-state index contributed by atoms with van der Waals surface area (Å²) < 4.78 is 0. The van der Waals surface area contributed by atoms with Gasteiger partial charge in [-0.05, 0) is 36.5 Å². The van der Waals surface area contributed by atoms with Crippen LogP contribution in [0.3, 0.4) is 0 Å². The molecule has 1 fully saturated rings. The fourth-order valence-corrected chi connectivity index (χ4v) is 1.53. The molecule has 1 heterocycles. The molecule has 0 spiro atoms. The highest BCUT2D eigenvalue weighted by Crippen LogP contribution is 2.29. The van der Waals surface area contributed by atoms with Gasteiger partial charge in [-0.1, -0.05) is 6.92 Å². The highest BCUT2D eigenvalue weighted by molar-refractivity contribution is 5.21. The molecule has 2 heteroatoms. The van der Waals surface area contributed by atoms with Crippen molar-refractivity contribution in [3.8, 4) is 0 Å². The van der Waals surface area contributed by atoms with E-state index in [4.69, 9.17) is 0 Å².